The summed E-state index contributed by atoms with van der Waals surface area (Å²) in [5.74, 6) is 0. The predicted molar refractivity (Wildman–Crippen MR) is 58.7 cm³/mol. The van der Waals surface area contributed by atoms with Crippen LogP contribution in [0.3, 0.4) is 0 Å². The summed E-state index contributed by atoms with van der Waals surface area (Å²) in [6, 6.07) is 0. The molecular weight excluding hydrogens is 120 g/mol. The van der Waals surface area contributed by atoms with Crippen LogP contribution in [0.1, 0.15) is 64.2 Å². The first-order chi connectivity index (χ1) is 6.00. The fourth-order valence-electron chi connectivity index (χ4n) is 0. The van der Waals surface area contributed by atoms with Gasteiger partial charge in [0.15, 0.2) is 0 Å². The van der Waals surface area contributed by atoms with Crippen molar-refractivity contribution >= 4 is 0 Å². The largest absolute Gasteiger partial charge is 0.0604 e. The molecule has 0 saturated heterocycles. The van der Waals surface area contributed by atoms with Crippen LogP contribution in [0.4, 0.5) is 0 Å². The van der Waals surface area contributed by atoms with Crippen molar-refractivity contribution in [3.8, 4) is 0 Å². The second-order valence-electron chi connectivity index (χ2n) is 6.00. The molecule has 0 rings (SSSR count). The van der Waals surface area contributed by atoms with Crippen molar-refractivity contribution in [2.45, 2.75) is 55.4 Å². The predicted octanol–water partition coefficient (Wildman–Crippen LogP) is 5.09. The molecule has 0 aromatic carbocycles. The van der Waals surface area contributed by atoms with Gasteiger partial charge in [-0.15, -0.1) is 0 Å². The molecule has 72 valence electrons. The molecular formula is C10H32. The molecule has 0 saturated carbocycles. The van der Waals surface area contributed by atoms with Gasteiger partial charge in [-0.25, -0.2) is 0 Å². The Hall–Kier alpha value is 0. The Morgan fingerprint density at radius 3 is 0.600 bits per heavy atom. The average molecular weight is 158 g/mol. The lowest BCUT2D eigenvalue weighted by molar-refractivity contribution is 0.469. The Kier molecular flexibility index (Phi) is 3.24. The molecule has 0 radical (unpaired) electrons. The third-order valence-corrected chi connectivity index (χ3v) is 0. The van der Waals surface area contributed by atoms with Crippen LogP contribution in [-0.2, 0) is 0 Å². The second-order valence-corrected chi connectivity index (χ2v) is 6.00. The van der Waals surface area contributed by atoms with E-state index in [9.17, 15) is 0 Å². The number of hydrogen-bond donors (Lipinski definition) is 0. The lowest BCUT2D eigenvalue weighted by atomic mass is 10.0. The highest BCUT2D eigenvalue weighted by Crippen LogP contribution is 2.08. The fraction of sp³-hybridized carbons (Fsp3) is 1.00. The van der Waals surface area contributed by atoms with Gasteiger partial charge >= 0.3 is 0 Å². The lowest BCUT2D eigenvalue weighted by Crippen LogP contribution is -1.93. The summed E-state index contributed by atoms with van der Waals surface area (Å²) in [6.45, 7) is 17.5. The van der Waals surface area contributed by atoms with E-state index in [1.54, 1.807) is 0 Å². The molecule has 0 aliphatic heterocycles. The van der Waals surface area contributed by atoms with E-state index in [0.717, 1.165) is 0 Å². The molecule has 0 nitrogen and oxygen atoms in total. The first kappa shape index (κ1) is 8.10. The smallest absolute Gasteiger partial charge is 0 e. The van der Waals surface area contributed by atoms with Crippen LogP contribution in [0.5, 0.6) is 0 Å². The highest BCUT2D eigenvalue weighted by atomic mass is 14.0. The molecule has 10 heavy (non-hydrogen) atoms. The van der Waals surface area contributed by atoms with Crippen molar-refractivity contribution in [3.05, 3.63) is 0 Å². The normalized spacial score (nSPS) is 13.6. The summed E-state index contributed by atoms with van der Waals surface area (Å²) < 4.78 is 20.0. The van der Waals surface area contributed by atoms with Crippen LogP contribution in [-0.4, -0.2) is 0 Å². The lowest BCUT2D eigenvalue weighted by Gasteiger charge is -2.05. The van der Waals surface area contributed by atoms with Gasteiger partial charge in [-0.05, 0) is 10.8 Å². The van der Waals surface area contributed by atoms with E-state index in [1.165, 1.54) is 0 Å². The Morgan fingerprint density at radius 2 is 0.600 bits per heavy atom. The SMILES string of the molecule is CC(C)(C)C.CC(C)(C)C.[2HH].[2HH].[2H][2H].[2H][2H]. The Balaban J connectivity index is -0.0000000218. The van der Waals surface area contributed by atoms with Crippen LogP contribution < -0.4 is 0 Å². The molecule has 0 spiro atoms. The standard InChI is InChI=1S/2C5H12.4H2/c2*1-5(2,3)4;;;;/h2*1-4H3;4*1H/i;;2*1+1D;2*1+1. The van der Waals surface area contributed by atoms with Gasteiger partial charge in [0.25, 0.3) is 0 Å². The summed E-state index contributed by atoms with van der Waals surface area (Å²) >= 11 is 0. The Morgan fingerprint density at radius 1 is 0.600 bits per heavy atom. The van der Waals surface area contributed by atoms with Crippen molar-refractivity contribution < 1.29 is 8.79 Å². The minimum Gasteiger partial charge on any atom is -0.0604 e. The van der Waals surface area contributed by atoms with Crippen LogP contribution in [0.2, 0.25) is 0 Å². The van der Waals surface area contributed by atoms with Crippen molar-refractivity contribution in [2.75, 3.05) is 0 Å². The van der Waals surface area contributed by atoms with Gasteiger partial charge in [-0.2, -0.15) is 0 Å². The zero-order chi connectivity index (χ0) is 13.0. The third kappa shape index (κ3) is 0. The van der Waals surface area contributed by atoms with Crippen molar-refractivity contribution in [2.24, 2.45) is 10.8 Å². The molecule has 0 aliphatic rings. The third-order valence-electron chi connectivity index (χ3n) is 0. The highest BCUT2D eigenvalue weighted by Gasteiger charge is 1.96. The van der Waals surface area contributed by atoms with E-state index in [-0.39, 0.29) is 2.85 Å². The van der Waals surface area contributed by atoms with Gasteiger partial charge in [-0.1, -0.05) is 55.4 Å². The maximum absolute atomic E-state index is 5.00. The fourth-order valence-corrected chi connectivity index (χ4v) is 0. The molecule has 0 unspecified atom stereocenters. The molecule has 0 heteroatoms. The highest BCUT2D eigenvalue weighted by molar-refractivity contribution is 4.47. The van der Waals surface area contributed by atoms with Crippen LogP contribution in [0.25, 0.3) is 0 Å². The molecule has 0 aromatic heterocycles. The maximum atomic E-state index is 5.00. The zero-order valence-corrected chi connectivity index (χ0v) is 9.00. The summed E-state index contributed by atoms with van der Waals surface area (Å²) in [4.78, 5) is 0. The monoisotopic (exact) mass is 158 g/mol. The van der Waals surface area contributed by atoms with Gasteiger partial charge in [-0.3, -0.25) is 0 Å². The Labute approximate surface area is 76.2 Å². The van der Waals surface area contributed by atoms with Gasteiger partial charge in [0.05, 0.1) is 0 Å². The summed E-state index contributed by atoms with van der Waals surface area (Å²) in [6.07, 6.45) is 0. The maximum Gasteiger partial charge on any atom is 0 e. The van der Waals surface area contributed by atoms with Crippen LogP contribution in [0, 0.1) is 10.8 Å². The van der Waals surface area contributed by atoms with Gasteiger partial charge in [0, 0.05) is 8.79 Å². The topological polar surface area (TPSA) is 0 Å². The quantitative estimate of drug-likeness (QED) is 0.461. The van der Waals surface area contributed by atoms with Gasteiger partial charge in [0.2, 0.25) is 0 Å². The molecule has 0 amide bonds. The average Bonchev–Trinajstić information content (AvgIpc) is 1.88. The summed E-state index contributed by atoms with van der Waals surface area (Å²) in [7, 11) is 0. The first-order valence-corrected chi connectivity index (χ1v) is 4.00. The first-order valence-electron chi connectivity index (χ1n) is 6.00. The minimum atomic E-state index is 0. The van der Waals surface area contributed by atoms with E-state index in [1.807, 2.05) is 0 Å². The van der Waals surface area contributed by atoms with Crippen molar-refractivity contribution in [1.82, 2.24) is 0 Å². The Bertz CT molecular complexity index is 58.3. The summed E-state index contributed by atoms with van der Waals surface area (Å²) in [5.41, 5.74) is 1.00. The van der Waals surface area contributed by atoms with E-state index in [0.29, 0.717) is 10.8 Å². The van der Waals surface area contributed by atoms with Crippen LogP contribution in [0.15, 0.2) is 0 Å². The summed E-state index contributed by atoms with van der Waals surface area (Å²) in [5, 5.41) is 0. The van der Waals surface area contributed by atoms with Crippen molar-refractivity contribution in [3.63, 3.8) is 0 Å². The van der Waals surface area contributed by atoms with Gasteiger partial charge < -0.3 is 0 Å². The number of hydrogen-bond acceptors (Lipinski definition) is 0. The second kappa shape index (κ2) is 4.00. The molecule has 0 fully saturated rings. The molecule has 0 aliphatic carbocycles. The van der Waals surface area contributed by atoms with E-state index in [2.05, 4.69) is 55.4 Å². The number of rotatable bonds is 0. The molecule has 0 atom stereocenters. The van der Waals surface area contributed by atoms with E-state index in [4.69, 9.17) is 5.94 Å². The van der Waals surface area contributed by atoms with E-state index >= 15 is 0 Å². The molecule has 0 aromatic rings. The zero-order valence-electron chi connectivity index (χ0n) is 13.0. The molecule has 0 heterocycles. The van der Waals surface area contributed by atoms with Crippen LogP contribution >= 0.6 is 0 Å². The molecule has 0 bridgehead atoms. The minimum absolute atomic E-state index is 0. The molecule has 0 N–H and O–H groups in total. The van der Waals surface area contributed by atoms with E-state index < -0.39 is 0 Å². The van der Waals surface area contributed by atoms with Gasteiger partial charge in [0.1, 0.15) is 0 Å². The van der Waals surface area contributed by atoms with Crippen molar-refractivity contribution in [1.29, 1.82) is 0 Å².